The lowest BCUT2D eigenvalue weighted by Gasteiger charge is -2.27. The Morgan fingerprint density at radius 2 is 1.63 bits per heavy atom. The summed E-state index contributed by atoms with van der Waals surface area (Å²) in [7, 11) is -3.77. The van der Waals surface area contributed by atoms with Gasteiger partial charge in [0, 0.05) is 5.70 Å². The van der Waals surface area contributed by atoms with Crippen LogP contribution in [0.4, 0.5) is 0 Å². The maximum atomic E-state index is 13.1. The van der Waals surface area contributed by atoms with Gasteiger partial charge in [-0.2, -0.15) is 17.9 Å². The highest BCUT2D eigenvalue weighted by molar-refractivity contribution is 7.89. The van der Waals surface area contributed by atoms with E-state index in [0.29, 0.717) is 18.5 Å². The lowest BCUT2D eigenvalue weighted by atomic mass is 10.0. The topological polar surface area (TPSA) is 49.7 Å². The van der Waals surface area contributed by atoms with Crippen LogP contribution in [-0.4, -0.2) is 18.5 Å². The number of hydrazone groups is 1. The lowest BCUT2D eigenvalue weighted by Crippen LogP contribution is -2.30. The molecule has 0 N–H and O–H groups in total. The van der Waals surface area contributed by atoms with E-state index in [4.69, 9.17) is 0 Å². The molecule has 4 rings (SSSR count). The van der Waals surface area contributed by atoms with Crippen LogP contribution in [0.5, 0.6) is 0 Å². The summed E-state index contributed by atoms with van der Waals surface area (Å²) in [5, 5.41) is 6.72. The Bertz CT molecular complexity index is 1160. The minimum Gasteiger partial charge on any atom is -0.199 e. The van der Waals surface area contributed by atoms with Crippen LogP contribution in [0.2, 0.25) is 0 Å². The van der Waals surface area contributed by atoms with Gasteiger partial charge in [0.15, 0.2) is 0 Å². The Morgan fingerprint density at radius 1 is 0.926 bits per heavy atom. The van der Waals surface area contributed by atoms with Crippen LogP contribution in [0.1, 0.15) is 24.0 Å². The monoisotopic (exact) mass is 376 g/mol. The third-order valence-electron chi connectivity index (χ3n) is 4.76. The summed E-state index contributed by atoms with van der Waals surface area (Å²) in [5.41, 5.74) is 3.18. The van der Waals surface area contributed by atoms with Gasteiger partial charge < -0.3 is 0 Å². The molecule has 4 nitrogen and oxygen atoms in total. The number of hydrogen-bond acceptors (Lipinski definition) is 3. The highest BCUT2D eigenvalue weighted by Gasteiger charge is 2.29. The number of aryl methyl sites for hydroxylation is 1. The Labute approximate surface area is 159 Å². The molecule has 0 saturated heterocycles. The van der Waals surface area contributed by atoms with Crippen molar-refractivity contribution in [3.63, 3.8) is 0 Å². The van der Waals surface area contributed by atoms with Crippen molar-refractivity contribution in [3.05, 3.63) is 90.1 Å². The fourth-order valence-electron chi connectivity index (χ4n) is 3.19. The number of allylic oxidation sites excluding steroid dienone is 1. The van der Waals surface area contributed by atoms with Crippen molar-refractivity contribution < 1.29 is 8.42 Å². The van der Waals surface area contributed by atoms with Crippen LogP contribution in [0, 0.1) is 6.92 Å². The molecule has 0 bridgehead atoms. The van der Waals surface area contributed by atoms with Gasteiger partial charge in [-0.15, -0.1) is 0 Å². The smallest absolute Gasteiger partial charge is 0.199 e. The zero-order chi connectivity index (χ0) is 19.0. The Morgan fingerprint density at radius 3 is 2.37 bits per heavy atom. The Kier molecular flexibility index (Phi) is 4.32. The molecule has 3 aromatic carbocycles. The van der Waals surface area contributed by atoms with Crippen LogP contribution >= 0.6 is 0 Å². The minimum atomic E-state index is -3.77. The van der Waals surface area contributed by atoms with Gasteiger partial charge in [0.25, 0.3) is 10.0 Å². The lowest BCUT2D eigenvalue weighted by molar-refractivity contribution is 0.472. The second-order valence-electron chi connectivity index (χ2n) is 6.74. The first-order chi connectivity index (χ1) is 12.9. The highest BCUT2D eigenvalue weighted by atomic mass is 32.2. The first-order valence-corrected chi connectivity index (χ1v) is 10.3. The highest BCUT2D eigenvalue weighted by Crippen LogP contribution is 2.29. The summed E-state index contributed by atoms with van der Waals surface area (Å²) >= 11 is 0. The van der Waals surface area contributed by atoms with Gasteiger partial charge in [0.1, 0.15) is 0 Å². The molecule has 136 valence electrons. The molecule has 0 amide bonds. The van der Waals surface area contributed by atoms with E-state index in [-0.39, 0.29) is 4.90 Å². The fourth-order valence-corrected chi connectivity index (χ4v) is 4.51. The molecule has 0 aliphatic carbocycles. The largest absolute Gasteiger partial charge is 0.283 e. The molecule has 0 radical (unpaired) electrons. The van der Waals surface area contributed by atoms with Crippen molar-refractivity contribution in [2.75, 3.05) is 0 Å². The van der Waals surface area contributed by atoms with Crippen molar-refractivity contribution in [1.29, 1.82) is 0 Å². The van der Waals surface area contributed by atoms with Crippen LogP contribution in [0.15, 0.2) is 89.0 Å². The minimum absolute atomic E-state index is 0.220. The molecule has 3 aromatic rings. The first kappa shape index (κ1) is 17.5. The quantitative estimate of drug-likeness (QED) is 0.656. The molecule has 0 saturated carbocycles. The van der Waals surface area contributed by atoms with Gasteiger partial charge in [-0.05, 0) is 54.3 Å². The van der Waals surface area contributed by atoms with Gasteiger partial charge >= 0.3 is 0 Å². The number of hydrogen-bond donors (Lipinski definition) is 0. The fraction of sp³-hybridized carbons (Fsp3) is 0.136. The molecule has 0 fully saturated rings. The van der Waals surface area contributed by atoms with Gasteiger partial charge in [-0.3, -0.25) is 0 Å². The second kappa shape index (κ2) is 6.67. The van der Waals surface area contributed by atoms with Crippen molar-refractivity contribution in [3.8, 4) is 0 Å². The number of fused-ring (bicyclic) bond motifs is 1. The maximum Gasteiger partial charge on any atom is 0.283 e. The van der Waals surface area contributed by atoms with Gasteiger partial charge in [0.2, 0.25) is 0 Å². The summed E-state index contributed by atoms with van der Waals surface area (Å²) in [6, 6.07) is 21.0. The summed E-state index contributed by atoms with van der Waals surface area (Å²) in [6.45, 7) is 5.85. The molecular formula is C22H20N2O2S. The first-order valence-electron chi connectivity index (χ1n) is 8.81. The predicted molar refractivity (Wildman–Crippen MR) is 109 cm³/mol. The van der Waals surface area contributed by atoms with Crippen LogP contribution in [0.3, 0.4) is 0 Å². The number of rotatable bonds is 3. The van der Waals surface area contributed by atoms with Crippen molar-refractivity contribution in [2.24, 2.45) is 5.10 Å². The maximum absolute atomic E-state index is 13.1. The van der Waals surface area contributed by atoms with Gasteiger partial charge in [-0.25, -0.2) is 0 Å². The summed E-state index contributed by atoms with van der Waals surface area (Å²) in [4.78, 5) is 0.220. The van der Waals surface area contributed by atoms with E-state index in [0.717, 1.165) is 32.0 Å². The Balaban J connectivity index is 1.76. The zero-order valence-electron chi connectivity index (χ0n) is 15.1. The predicted octanol–water partition coefficient (Wildman–Crippen LogP) is 4.85. The molecule has 5 heteroatoms. The van der Waals surface area contributed by atoms with E-state index >= 15 is 0 Å². The average Bonchev–Trinajstić information content (AvgIpc) is 2.68. The number of nitrogens with zero attached hydrogens (tertiary/aromatic N) is 2. The molecule has 0 aromatic heterocycles. The third kappa shape index (κ3) is 3.26. The van der Waals surface area contributed by atoms with E-state index in [1.165, 1.54) is 0 Å². The average molecular weight is 376 g/mol. The summed E-state index contributed by atoms with van der Waals surface area (Å²) < 4.78 is 27.2. The molecular weight excluding hydrogens is 356 g/mol. The van der Waals surface area contributed by atoms with Crippen molar-refractivity contribution in [2.45, 2.75) is 24.7 Å². The van der Waals surface area contributed by atoms with E-state index in [9.17, 15) is 8.42 Å². The van der Waals surface area contributed by atoms with Gasteiger partial charge in [0.05, 0.1) is 10.6 Å². The number of sulfonamides is 1. The van der Waals surface area contributed by atoms with Crippen LogP contribution < -0.4 is 0 Å². The van der Waals surface area contributed by atoms with E-state index in [1.54, 1.807) is 24.3 Å². The van der Waals surface area contributed by atoms with E-state index in [2.05, 4.69) is 23.8 Å². The molecule has 0 spiro atoms. The zero-order valence-corrected chi connectivity index (χ0v) is 15.9. The van der Waals surface area contributed by atoms with Crippen molar-refractivity contribution >= 4 is 26.5 Å². The molecule has 1 aliphatic heterocycles. The molecule has 27 heavy (non-hydrogen) atoms. The SMILES string of the molecule is C=C1CCC(c2ccc3ccccc3c2)=NN1S(=O)(=O)c1ccc(C)cc1. The summed E-state index contributed by atoms with van der Waals surface area (Å²) in [5.74, 6) is 0. The molecule has 1 aliphatic rings. The standard InChI is InChI=1S/C22H20N2O2S/c1-16-7-12-21(13-8-16)27(25,26)24-17(2)9-14-22(23-24)20-11-10-18-5-3-4-6-19(18)15-20/h3-8,10-13,15H,2,9,14H2,1H3. The number of benzene rings is 3. The van der Waals surface area contributed by atoms with E-state index in [1.807, 2.05) is 37.3 Å². The van der Waals surface area contributed by atoms with Crippen molar-refractivity contribution in [1.82, 2.24) is 4.41 Å². The molecule has 0 unspecified atom stereocenters. The molecule has 1 heterocycles. The third-order valence-corrected chi connectivity index (χ3v) is 6.42. The Hall–Kier alpha value is -2.92. The van der Waals surface area contributed by atoms with Gasteiger partial charge in [-0.1, -0.05) is 60.7 Å². The van der Waals surface area contributed by atoms with E-state index < -0.39 is 10.0 Å². The van der Waals surface area contributed by atoms with Crippen LogP contribution in [0.25, 0.3) is 10.8 Å². The summed E-state index contributed by atoms with van der Waals surface area (Å²) in [6.07, 6.45) is 1.22. The second-order valence-corrected chi connectivity index (χ2v) is 8.50. The molecule has 0 atom stereocenters. The van der Waals surface area contributed by atoms with Crippen LogP contribution in [-0.2, 0) is 10.0 Å². The normalized spacial score (nSPS) is 15.1.